The zero-order valence-electron chi connectivity index (χ0n) is 12.9. The molecule has 5 heteroatoms. The molecule has 1 atom stereocenters. The molecule has 1 saturated carbocycles. The Morgan fingerprint density at radius 3 is 2.90 bits per heavy atom. The number of anilines is 1. The van der Waals surface area contributed by atoms with Gasteiger partial charge in [-0.05, 0) is 42.3 Å². The second-order valence-electron chi connectivity index (χ2n) is 6.56. The SMILES string of the molecule is CCc1cc2c(NC3CCCCC3(C)C)nc(Cl)nc2s1. The van der Waals surface area contributed by atoms with Gasteiger partial charge in [0.05, 0.1) is 5.39 Å². The molecule has 0 aliphatic heterocycles. The second-order valence-corrected chi connectivity index (χ2v) is 8.01. The van der Waals surface area contributed by atoms with Crippen molar-refractivity contribution in [2.45, 2.75) is 58.9 Å². The van der Waals surface area contributed by atoms with Gasteiger partial charge in [0, 0.05) is 10.9 Å². The van der Waals surface area contributed by atoms with E-state index in [-0.39, 0.29) is 0 Å². The molecule has 0 amide bonds. The average Bonchev–Trinajstić information content (AvgIpc) is 2.84. The predicted molar refractivity (Wildman–Crippen MR) is 91.5 cm³/mol. The van der Waals surface area contributed by atoms with Crippen LogP contribution in [0.2, 0.25) is 5.28 Å². The number of halogens is 1. The van der Waals surface area contributed by atoms with E-state index >= 15 is 0 Å². The van der Waals surface area contributed by atoms with Crippen molar-refractivity contribution >= 4 is 39.0 Å². The molecule has 2 aromatic heterocycles. The van der Waals surface area contributed by atoms with Gasteiger partial charge < -0.3 is 5.32 Å². The smallest absolute Gasteiger partial charge is 0.225 e. The largest absolute Gasteiger partial charge is 0.366 e. The highest BCUT2D eigenvalue weighted by atomic mass is 35.5. The number of nitrogens with zero attached hydrogens (tertiary/aromatic N) is 2. The molecule has 1 fully saturated rings. The van der Waals surface area contributed by atoms with Crippen molar-refractivity contribution in [3.8, 4) is 0 Å². The van der Waals surface area contributed by atoms with Gasteiger partial charge in [-0.1, -0.05) is 33.6 Å². The third kappa shape index (κ3) is 3.02. The number of thiophene rings is 1. The Labute approximate surface area is 135 Å². The van der Waals surface area contributed by atoms with E-state index in [2.05, 4.69) is 42.1 Å². The molecule has 0 saturated heterocycles. The van der Waals surface area contributed by atoms with Crippen LogP contribution in [0.5, 0.6) is 0 Å². The summed E-state index contributed by atoms with van der Waals surface area (Å²) in [6, 6.07) is 2.65. The van der Waals surface area contributed by atoms with Crippen LogP contribution < -0.4 is 5.32 Å². The molecule has 2 heterocycles. The molecular weight excluding hydrogens is 302 g/mol. The Morgan fingerprint density at radius 2 is 2.19 bits per heavy atom. The Kier molecular flexibility index (Phi) is 4.10. The molecule has 0 bridgehead atoms. The summed E-state index contributed by atoms with van der Waals surface area (Å²) < 4.78 is 0. The van der Waals surface area contributed by atoms with Crippen molar-refractivity contribution in [3.63, 3.8) is 0 Å². The van der Waals surface area contributed by atoms with Gasteiger partial charge in [-0.15, -0.1) is 11.3 Å². The fourth-order valence-electron chi connectivity index (χ4n) is 3.16. The minimum atomic E-state index is 0.297. The van der Waals surface area contributed by atoms with E-state index in [0.29, 0.717) is 16.7 Å². The molecule has 0 aromatic carbocycles. The van der Waals surface area contributed by atoms with Crippen LogP contribution in [0.15, 0.2) is 6.07 Å². The fourth-order valence-corrected chi connectivity index (χ4v) is 4.34. The third-order valence-corrected chi connectivity index (χ3v) is 5.93. The molecule has 0 radical (unpaired) electrons. The first kappa shape index (κ1) is 15.0. The van der Waals surface area contributed by atoms with E-state index in [4.69, 9.17) is 11.6 Å². The zero-order valence-corrected chi connectivity index (χ0v) is 14.4. The first-order chi connectivity index (χ1) is 9.99. The van der Waals surface area contributed by atoms with Gasteiger partial charge in [-0.25, -0.2) is 9.97 Å². The zero-order chi connectivity index (χ0) is 15.0. The Bertz CT molecular complexity index is 650. The maximum Gasteiger partial charge on any atom is 0.225 e. The number of aryl methyl sites for hydroxylation is 1. The lowest BCUT2D eigenvalue weighted by molar-refractivity contribution is 0.217. The molecular formula is C16H22ClN3S. The molecule has 1 aliphatic rings. The number of aromatic nitrogens is 2. The van der Waals surface area contributed by atoms with Gasteiger partial charge in [0.1, 0.15) is 10.6 Å². The molecule has 3 nitrogen and oxygen atoms in total. The van der Waals surface area contributed by atoms with E-state index in [1.165, 1.54) is 30.6 Å². The van der Waals surface area contributed by atoms with E-state index in [0.717, 1.165) is 22.5 Å². The lowest BCUT2D eigenvalue weighted by Crippen LogP contribution is -2.39. The normalized spacial score (nSPS) is 21.6. The highest BCUT2D eigenvalue weighted by Crippen LogP contribution is 2.39. The van der Waals surface area contributed by atoms with Crippen LogP contribution in [0.4, 0.5) is 5.82 Å². The molecule has 1 aliphatic carbocycles. The van der Waals surface area contributed by atoms with Crippen LogP contribution in [0.25, 0.3) is 10.2 Å². The van der Waals surface area contributed by atoms with Crippen LogP contribution in [0.1, 0.15) is 51.3 Å². The van der Waals surface area contributed by atoms with Gasteiger partial charge in [0.25, 0.3) is 0 Å². The number of fused-ring (bicyclic) bond motifs is 1. The van der Waals surface area contributed by atoms with E-state index in [9.17, 15) is 0 Å². The monoisotopic (exact) mass is 323 g/mol. The summed E-state index contributed by atoms with van der Waals surface area (Å²) in [4.78, 5) is 11.1. The molecule has 0 spiro atoms. The molecule has 2 aromatic rings. The van der Waals surface area contributed by atoms with Gasteiger partial charge in [0.15, 0.2) is 0 Å². The lowest BCUT2D eigenvalue weighted by Gasteiger charge is -2.39. The van der Waals surface area contributed by atoms with Crippen LogP contribution in [0.3, 0.4) is 0 Å². The molecule has 114 valence electrons. The number of hydrogen-bond acceptors (Lipinski definition) is 4. The first-order valence-electron chi connectivity index (χ1n) is 7.72. The standard InChI is InChI=1S/C16H22ClN3S/c1-4-10-9-11-13(19-15(17)20-14(11)21-10)18-12-7-5-6-8-16(12,2)3/h9,12H,4-8H2,1-3H3,(H,18,19,20). The molecule has 3 rings (SSSR count). The maximum atomic E-state index is 6.11. The van der Waals surface area contributed by atoms with Gasteiger partial charge in [-0.2, -0.15) is 0 Å². The van der Waals surface area contributed by atoms with Crippen molar-refractivity contribution in [3.05, 3.63) is 16.2 Å². The maximum absolute atomic E-state index is 6.11. The average molecular weight is 324 g/mol. The molecule has 1 unspecified atom stereocenters. The minimum Gasteiger partial charge on any atom is -0.366 e. The van der Waals surface area contributed by atoms with Crippen molar-refractivity contribution in [1.29, 1.82) is 0 Å². The van der Waals surface area contributed by atoms with Crippen LogP contribution in [-0.4, -0.2) is 16.0 Å². The van der Waals surface area contributed by atoms with Crippen molar-refractivity contribution in [2.75, 3.05) is 5.32 Å². The Hall–Kier alpha value is -0.870. The Balaban J connectivity index is 1.97. The number of nitrogens with one attached hydrogen (secondary N) is 1. The summed E-state index contributed by atoms with van der Waals surface area (Å²) in [6.45, 7) is 6.85. The number of hydrogen-bond donors (Lipinski definition) is 1. The van der Waals surface area contributed by atoms with Crippen LogP contribution >= 0.6 is 22.9 Å². The lowest BCUT2D eigenvalue weighted by atomic mass is 9.73. The highest BCUT2D eigenvalue weighted by molar-refractivity contribution is 7.18. The first-order valence-corrected chi connectivity index (χ1v) is 8.91. The van der Waals surface area contributed by atoms with Gasteiger partial charge in [-0.3, -0.25) is 0 Å². The van der Waals surface area contributed by atoms with Crippen molar-refractivity contribution < 1.29 is 0 Å². The third-order valence-electron chi connectivity index (χ3n) is 4.58. The molecule has 1 N–H and O–H groups in total. The van der Waals surface area contributed by atoms with E-state index < -0.39 is 0 Å². The summed E-state index contributed by atoms with van der Waals surface area (Å²) in [5.74, 6) is 0.904. The summed E-state index contributed by atoms with van der Waals surface area (Å²) in [5, 5.41) is 5.11. The summed E-state index contributed by atoms with van der Waals surface area (Å²) in [7, 11) is 0. The molecule has 21 heavy (non-hydrogen) atoms. The quantitative estimate of drug-likeness (QED) is 0.780. The van der Waals surface area contributed by atoms with Gasteiger partial charge >= 0.3 is 0 Å². The predicted octanol–water partition coefficient (Wildman–Crippen LogP) is 5.29. The summed E-state index contributed by atoms with van der Waals surface area (Å²) in [5.41, 5.74) is 0.297. The van der Waals surface area contributed by atoms with Crippen molar-refractivity contribution in [1.82, 2.24) is 9.97 Å². The summed E-state index contributed by atoms with van der Waals surface area (Å²) >= 11 is 7.82. The van der Waals surface area contributed by atoms with E-state index in [1.54, 1.807) is 11.3 Å². The Morgan fingerprint density at radius 1 is 1.38 bits per heavy atom. The summed E-state index contributed by atoms with van der Waals surface area (Å²) in [6.07, 6.45) is 6.08. The van der Waals surface area contributed by atoms with Crippen LogP contribution in [0, 0.1) is 5.41 Å². The van der Waals surface area contributed by atoms with E-state index in [1.807, 2.05) is 0 Å². The topological polar surface area (TPSA) is 37.8 Å². The van der Waals surface area contributed by atoms with Crippen LogP contribution in [-0.2, 0) is 6.42 Å². The highest BCUT2D eigenvalue weighted by Gasteiger charge is 2.32. The minimum absolute atomic E-state index is 0.297. The fraction of sp³-hybridized carbons (Fsp3) is 0.625. The van der Waals surface area contributed by atoms with Gasteiger partial charge in [0.2, 0.25) is 5.28 Å². The number of rotatable bonds is 3. The second kappa shape index (κ2) is 5.73. The van der Waals surface area contributed by atoms with Crippen molar-refractivity contribution in [2.24, 2.45) is 5.41 Å².